The Morgan fingerprint density at radius 1 is 1.20 bits per heavy atom. The highest BCUT2D eigenvalue weighted by atomic mass is 35.5. The fourth-order valence-corrected chi connectivity index (χ4v) is 5.43. The third-order valence-corrected chi connectivity index (χ3v) is 7.47. The fourth-order valence-electron chi connectivity index (χ4n) is 3.15. The number of likely N-dealkylation sites (tertiary alicyclic amines) is 1. The second-order valence-corrected chi connectivity index (χ2v) is 8.92. The SMILES string of the molecule is CCN(CC)S(=O)(=O)c1cc(C(=O)N2CCCCC2C)c(Cl)cc1Cl. The van der Waals surface area contributed by atoms with Crippen molar-refractivity contribution in [3.63, 3.8) is 0 Å². The molecule has 1 heterocycles. The zero-order valence-corrected chi connectivity index (χ0v) is 17.1. The molecule has 2 rings (SSSR count). The summed E-state index contributed by atoms with van der Waals surface area (Å²) in [6, 6.07) is 2.78. The molecule has 1 atom stereocenters. The molecule has 0 aliphatic carbocycles. The molecule has 0 saturated carbocycles. The van der Waals surface area contributed by atoms with Crippen LogP contribution in [0.2, 0.25) is 10.0 Å². The van der Waals surface area contributed by atoms with Crippen LogP contribution in [0.5, 0.6) is 0 Å². The van der Waals surface area contributed by atoms with Crippen molar-refractivity contribution in [2.75, 3.05) is 19.6 Å². The lowest BCUT2D eigenvalue weighted by Crippen LogP contribution is -2.42. The molecular weight excluding hydrogens is 383 g/mol. The summed E-state index contributed by atoms with van der Waals surface area (Å²) < 4.78 is 26.9. The van der Waals surface area contributed by atoms with Crippen molar-refractivity contribution in [3.05, 3.63) is 27.7 Å². The van der Waals surface area contributed by atoms with Crippen molar-refractivity contribution in [1.82, 2.24) is 9.21 Å². The van der Waals surface area contributed by atoms with Gasteiger partial charge < -0.3 is 4.90 Å². The second kappa shape index (κ2) is 8.25. The number of carbonyl (C=O) groups is 1. The molecule has 0 spiro atoms. The zero-order chi connectivity index (χ0) is 18.8. The maximum Gasteiger partial charge on any atom is 0.255 e. The summed E-state index contributed by atoms with van der Waals surface area (Å²) in [6.07, 6.45) is 2.95. The van der Waals surface area contributed by atoms with Gasteiger partial charge >= 0.3 is 0 Å². The molecule has 0 N–H and O–H groups in total. The molecule has 8 heteroatoms. The Bertz CT molecular complexity index is 749. The number of sulfonamides is 1. The van der Waals surface area contributed by atoms with Crippen LogP contribution in [0.1, 0.15) is 50.4 Å². The van der Waals surface area contributed by atoms with Crippen molar-refractivity contribution in [2.24, 2.45) is 0 Å². The van der Waals surface area contributed by atoms with E-state index in [9.17, 15) is 13.2 Å². The van der Waals surface area contributed by atoms with Crippen molar-refractivity contribution in [3.8, 4) is 0 Å². The molecule has 25 heavy (non-hydrogen) atoms. The van der Waals surface area contributed by atoms with E-state index in [0.29, 0.717) is 19.6 Å². The van der Waals surface area contributed by atoms with Crippen LogP contribution in [0.3, 0.4) is 0 Å². The first-order valence-electron chi connectivity index (χ1n) is 8.54. The van der Waals surface area contributed by atoms with E-state index in [1.165, 1.54) is 16.4 Å². The van der Waals surface area contributed by atoms with Gasteiger partial charge in [-0.05, 0) is 38.3 Å². The van der Waals surface area contributed by atoms with E-state index < -0.39 is 10.0 Å². The minimum atomic E-state index is -3.78. The maximum absolute atomic E-state index is 12.9. The average molecular weight is 407 g/mol. The van der Waals surface area contributed by atoms with Gasteiger partial charge in [-0.2, -0.15) is 4.31 Å². The van der Waals surface area contributed by atoms with Gasteiger partial charge in [0.05, 0.1) is 15.6 Å². The summed E-state index contributed by atoms with van der Waals surface area (Å²) in [5.74, 6) is -0.245. The van der Waals surface area contributed by atoms with Gasteiger partial charge in [0, 0.05) is 25.7 Å². The minimum Gasteiger partial charge on any atom is -0.336 e. The summed E-state index contributed by atoms with van der Waals surface area (Å²) in [5.41, 5.74) is 0.186. The monoisotopic (exact) mass is 406 g/mol. The van der Waals surface area contributed by atoms with E-state index in [2.05, 4.69) is 0 Å². The molecule has 0 bridgehead atoms. The van der Waals surface area contributed by atoms with Crippen molar-refractivity contribution in [2.45, 2.75) is 51.0 Å². The van der Waals surface area contributed by atoms with Gasteiger partial charge in [-0.15, -0.1) is 0 Å². The van der Waals surface area contributed by atoms with Crippen molar-refractivity contribution < 1.29 is 13.2 Å². The summed E-state index contributed by atoms with van der Waals surface area (Å²) in [6.45, 7) is 6.80. The first-order chi connectivity index (χ1) is 11.7. The number of piperidine rings is 1. The molecule has 140 valence electrons. The molecule has 0 aromatic heterocycles. The standard InChI is InChI=1S/C17H24Cl2N2O3S/c1-4-20(5-2)25(23,24)16-10-13(14(18)11-15(16)19)17(22)21-9-7-6-8-12(21)3/h10-12H,4-9H2,1-3H3. The number of carbonyl (C=O) groups excluding carboxylic acids is 1. The van der Waals surface area contributed by atoms with E-state index in [-0.39, 0.29) is 32.5 Å². The molecule has 1 saturated heterocycles. The zero-order valence-electron chi connectivity index (χ0n) is 14.8. The second-order valence-electron chi connectivity index (χ2n) is 6.20. The van der Waals surface area contributed by atoms with Crippen molar-refractivity contribution in [1.29, 1.82) is 0 Å². The Kier molecular flexibility index (Phi) is 6.76. The lowest BCUT2D eigenvalue weighted by atomic mass is 10.0. The van der Waals surface area contributed by atoms with Gasteiger partial charge in [-0.1, -0.05) is 37.0 Å². The fraction of sp³-hybridized carbons (Fsp3) is 0.588. The third kappa shape index (κ3) is 4.13. The van der Waals surface area contributed by atoms with Gasteiger partial charge in [-0.3, -0.25) is 4.79 Å². The quantitative estimate of drug-likeness (QED) is 0.740. The van der Waals surface area contributed by atoms with Gasteiger partial charge in [-0.25, -0.2) is 8.42 Å². The normalized spacial score (nSPS) is 18.6. The average Bonchev–Trinajstić information content (AvgIpc) is 2.55. The Balaban J connectivity index is 2.49. The number of hydrogen-bond acceptors (Lipinski definition) is 3. The van der Waals surface area contributed by atoms with Crippen molar-refractivity contribution >= 4 is 39.1 Å². The van der Waals surface area contributed by atoms with Crippen LogP contribution in [-0.4, -0.2) is 49.2 Å². The van der Waals surface area contributed by atoms with E-state index in [1.807, 2.05) is 6.92 Å². The highest BCUT2D eigenvalue weighted by Gasteiger charge is 2.30. The molecule has 1 aliphatic heterocycles. The van der Waals surface area contributed by atoms with Gasteiger partial charge in [0.2, 0.25) is 10.0 Å². The number of halogens is 2. The van der Waals surface area contributed by atoms with Gasteiger partial charge in [0.1, 0.15) is 4.90 Å². The summed E-state index contributed by atoms with van der Waals surface area (Å²) >= 11 is 12.4. The predicted octanol–water partition coefficient (Wildman–Crippen LogP) is 4.04. The van der Waals surface area contributed by atoms with Crippen LogP contribution in [-0.2, 0) is 10.0 Å². The van der Waals surface area contributed by atoms with Gasteiger partial charge in [0.15, 0.2) is 0 Å². The van der Waals surface area contributed by atoms with E-state index >= 15 is 0 Å². The largest absolute Gasteiger partial charge is 0.336 e. The van der Waals surface area contributed by atoms with Crippen LogP contribution >= 0.6 is 23.2 Å². The molecule has 1 aromatic carbocycles. The first kappa shape index (κ1) is 20.5. The number of hydrogen-bond donors (Lipinski definition) is 0. The molecule has 1 aliphatic rings. The maximum atomic E-state index is 12.9. The number of amides is 1. The smallest absolute Gasteiger partial charge is 0.255 e. The first-order valence-corrected chi connectivity index (χ1v) is 10.7. The molecular formula is C17H24Cl2N2O3S. The molecule has 1 amide bonds. The highest BCUT2D eigenvalue weighted by Crippen LogP contribution is 2.32. The van der Waals surface area contributed by atoms with Crippen LogP contribution in [0, 0.1) is 0 Å². The minimum absolute atomic E-state index is 0.0279. The Morgan fingerprint density at radius 2 is 1.84 bits per heavy atom. The highest BCUT2D eigenvalue weighted by molar-refractivity contribution is 7.89. The van der Waals surface area contributed by atoms with Crippen LogP contribution in [0.15, 0.2) is 17.0 Å². The van der Waals surface area contributed by atoms with E-state index in [4.69, 9.17) is 23.2 Å². The lowest BCUT2D eigenvalue weighted by molar-refractivity contribution is 0.0635. The summed E-state index contributed by atoms with van der Waals surface area (Å²) in [7, 11) is -3.78. The molecule has 1 unspecified atom stereocenters. The number of rotatable bonds is 5. The summed E-state index contributed by atoms with van der Waals surface area (Å²) in [4.78, 5) is 14.6. The molecule has 1 aromatic rings. The lowest BCUT2D eigenvalue weighted by Gasteiger charge is -2.33. The Morgan fingerprint density at radius 3 is 2.40 bits per heavy atom. The topological polar surface area (TPSA) is 57.7 Å². The van der Waals surface area contributed by atoms with Gasteiger partial charge in [0.25, 0.3) is 5.91 Å². The molecule has 0 radical (unpaired) electrons. The van der Waals surface area contributed by atoms with Crippen LogP contribution in [0.25, 0.3) is 0 Å². The Labute approximate surface area is 159 Å². The number of benzene rings is 1. The predicted molar refractivity (Wildman–Crippen MR) is 101 cm³/mol. The van der Waals surface area contributed by atoms with E-state index in [1.54, 1.807) is 18.7 Å². The van der Waals surface area contributed by atoms with E-state index in [0.717, 1.165) is 19.3 Å². The molecule has 1 fully saturated rings. The molecule has 5 nitrogen and oxygen atoms in total. The Hall–Kier alpha value is -0.820. The third-order valence-electron chi connectivity index (χ3n) is 4.64. The van der Waals surface area contributed by atoms with Crippen LogP contribution in [0.4, 0.5) is 0 Å². The van der Waals surface area contributed by atoms with Crippen LogP contribution < -0.4 is 0 Å². The summed E-state index contributed by atoms with van der Waals surface area (Å²) in [5, 5.41) is 0.200. The number of nitrogens with zero attached hydrogens (tertiary/aromatic N) is 2.